The van der Waals surface area contributed by atoms with Crippen molar-refractivity contribution < 1.29 is 19.4 Å². The molecule has 0 radical (unpaired) electrons. The second kappa shape index (κ2) is 14.0. The van der Waals surface area contributed by atoms with E-state index >= 15 is 0 Å². The molecule has 2 fully saturated rings. The second-order valence-electron chi connectivity index (χ2n) is 12.4. The molecule has 4 aromatic rings. The highest BCUT2D eigenvalue weighted by Gasteiger charge is 2.42. The number of rotatable bonds is 10. The molecule has 1 aliphatic heterocycles. The molecule has 0 bridgehead atoms. The number of methoxy groups -OCH3 is 2. The van der Waals surface area contributed by atoms with Gasteiger partial charge in [0, 0.05) is 44.9 Å². The van der Waals surface area contributed by atoms with Crippen molar-refractivity contribution >= 4 is 5.91 Å². The van der Waals surface area contributed by atoms with Gasteiger partial charge in [-0.05, 0) is 36.5 Å². The number of carbonyl (C=O) groups is 1. The Kier molecular flexibility index (Phi) is 9.64. The highest BCUT2D eigenvalue weighted by molar-refractivity contribution is 5.98. The number of ether oxygens (including phenoxy) is 2. The van der Waals surface area contributed by atoms with Crippen LogP contribution in [0.1, 0.15) is 53.3 Å². The maximum Gasteiger partial charge on any atom is 0.275 e. The van der Waals surface area contributed by atoms with E-state index in [9.17, 15) is 9.90 Å². The highest BCUT2D eigenvalue weighted by Crippen LogP contribution is 2.41. The van der Waals surface area contributed by atoms with E-state index in [0.717, 1.165) is 61.5 Å². The van der Waals surface area contributed by atoms with Gasteiger partial charge in [-0.25, -0.2) is 4.98 Å². The summed E-state index contributed by atoms with van der Waals surface area (Å²) < 4.78 is 13.3. The van der Waals surface area contributed by atoms with E-state index < -0.39 is 5.60 Å². The first-order chi connectivity index (χ1) is 22.0. The Bertz CT molecular complexity index is 1560. The van der Waals surface area contributed by atoms with E-state index in [0.29, 0.717) is 25.1 Å². The highest BCUT2D eigenvalue weighted by atomic mass is 16.5. The predicted octanol–water partition coefficient (Wildman–Crippen LogP) is 5.62. The standard InChI is InChI=1S/C37H44N4O4/c1-44-26-37(43)20-12-11-19-33(37)41-27-38-34(35(41)29-15-7-4-8-16-29)36(42)40-22-21-39(24-28-13-5-3-6-14-28)25-31(40)23-30-17-9-10-18-32(30)45-2/h3-10,13-18,27,31,33,43H,11-12,19-26H2,1-2H3/t31-,33-,37-/m1/s1. The van der Waals surface area contributed by atoms with Gasteiger partial charge < -0.3 is 24.0 Å². The van der Waals surface area contributed by atoms with Crippen LogP contribution in [0.2, 0.25) is 0 Å². The van der Waals surface area contributed by atoms with Gasteiger partial charge in [0.15, 0.2) is 5.69 Å². The van der Waals surface area contributed by atoms with E-state index in [1.54, 1.807) is 20.5 Å². The monoisotopic (exact) mass is 608 g/mol. The van der Waals surface area contributed by atoms with Crippen molar-refractivity contribution in [2.75, 3.05) is 40.5 Å². The molecular formula is C37H44N4O4. The Balaban J connectivity index is 1.36. The number of aliphatic hydroxyl groups is 1. The summed E-state index contributed by atoms with van der Waals surface area (Å²) >= 11 is 0. The average molecular weight is 609 g/mol. The van der Waals surface area contributed by atoms with Crippen molar-refractivity contribution in [3.63, 3.8) is 0 Å². The summed E-state index contributed by atoms with van der Waals surface area (Å²) in [6, 6.07) is 28.2. The lowest BCUT2D eigenvalue weighted by atomic mass is 9.80. The van der Waals surface area contributed by atoms with Gasteiger partial charge in [0.25, 0.3) is 5.91 Å². The molecule has 6 rings (SSSR count). The summed E-state index contributed by atoms with van der Waals surface area (Å²) in [5.41, 5.74) is 3.39. The molecule has 2 heterocycles. The molecule has 3 atom stereocenters. The van der Waals surface area contributed by atoms with Crippen LogP contribution in [0.5, 0.6) is 5.75 Å². The fourth-order valence-electron chi connectivity index (χ4n) is 7.26. The third-order valence-electron chi connectivity index (χ3n) is 9.46. The summed E-state index contributed by atoms with van der Waals surface area (Å²) in [4.78, 5) is 24.0. The number of nitrogens with zero attached hydrogens (tertiary/aromatic N) is 4. The van der Waals surface area contributed by atoms with Crippen molar-refractivity contribution in [3.8, 4) is 17.0 Å². The largest absolute Gasteiger partial charge is 0.496 e. The van der Waals surface area contributed by atoms with Gasteiger partial charge in [-0.2, -0.15) is 0 Å². The van der Waals surface area contributed by atoms with Crippen LogP contribution in [0.15, 0.2) is 91.3 Å². The number of imidazole rings is 1. The Hall–Kier alpha value is -3.98. The minimum Gasteiger partial charge on any atom is -0.496 e. The van der Waals surface area contributed by atoms with Crippen LogP contribution in [0.3, 0.4) is 0 Å². The molecule has 2 aliphatic rings. The third-order valence-corrected chi connectivity index (χ3v) is 9.46. The first-order valence-electron chi connectivity index (χ1n) is 16.0. The number of carbonyl (C=O) groups excluding carboxylic acids is 1. The Morgan fingerprint density at radius 1 is 0.956 bits per heavy atom. The predicted molar refractivity (Wildman–Crippen MR) is 175 cm³/mol. The van der Waals surface area contributed by atoms with Gasteiger partial charge in [-0.1, -0.05) is 91.7 Å². The molecule has 3 aromatic carbocycles. The molecule has 8 heteroatoms. The molecule has 1 saturated heterocycles. The molecule has 45 heavy (non-hydrogen) atoms. The van der Waals surface area contributed by atoms with Crippen molar-refractivity contribution in [1.29, 1.82) is 0 Å². The first-order valence-corrected chi connectivity index (χ1v) is 16.0. The van der Waals surface area contributed by atoms with Crippen LogP contribution >= 0.6 is 0 Å². The number of benzene rings is 3. The van der Waals surface area contributed by atoms with Gasteiger partial charge in [0.05, 0.1) is 31.8 Å². The van der Waals surface area contributed by atoms with Gasteiger partial charge >= 0.3 is 0 Å². The van der Waals surface area contributed by atoms with E-state index in [4.69, 9.17) is 14.5 Å². The first kappa shape index (κ1) is 31.0. The molecule has 1 aromatic heterocycles. The van der Waals surface area contributed by atoms with Crippen molar-refractivity contribution in [2.45, 2.75) is 56.3 Å². The maximum absolute atomic E-state index is 14.7. The van der Waals surface area contributed by atoms with Crippen LogP contribution in [-0.2, 0) is 17.7 Å². The van der Waals surface area contributed by atoms with Gasteiger partial charge in [-0.3, -0.25) is 9.69 Å². The number of hydrogen-bond donors (Lipinski definition) is 1. The molecule has 0 spiro atoms. The van der Waals surface area contributed by atoms with Crippen LogP contribution in [0, 0.1) is 0 Å². The molecule has 0 unspecified atom stereocenters. The Morgan fingerprint density at radius 2 is 1.69 bits per heavy atom. The number of amides is 1. The fraction of sp³-hybridized carbons (Fsp3) is 0.405. The third kappa shape index (κ3) is 6.69. The SMILES string of the molecule is COC[C@]1(O)CCCC[C@H]1n1cnc(C(=O)N2CCN(Cc3ccccc3)C[C@H]2Cc2ccccc2OC)c1-c1ccccc1. The van der Waals surface area contributed by atoms with Gasteiger partial charge in [0.2, 0.25) is 0 Å². The Labute approximate surface area is 266 Å². The molecule has 8 nitrogen and oxygen atoms in total. The quantitative estimate of drug-likeness (QED) is 0.252. The van der Waals surface area contributed by atoms with Crippen molar-refractivity contribution in [3.05, 3.63) is 108 Å². The molecular weight excluding hydrogens is 564 g/mol. The Morgan fingerprint density at radius 3 is 2.44 bits per heavy atom. The lowest BCUT2D eigenvalue weighted by Crippen LogP contribution is -2.55. The second-order valence-corrected chi connectivity index (χ2v) is 12.4. The topological polar surface area (TPSA) is 80.1 Å². The number of para-hydroxylation sites is 1. The maximum atomic E-state index is 14.7. The number of aromatic nitrogens is 2. The summed E-state index contributed by atoms with van der Waals surface area (Å²) in [5, 5.41) is 11.8. The number of piperazine rings is 1. The molecule has 1 N–H and O–H groups in total. The van der Waals surface area contributed by atoms with Crippen molar-refractivity contribution in [1.82, 2.24) is 19.4 Å². The van der Waals surface area contributed by atoms with Crippen LogP contribution < -0.4 is 4.74 Å². The molecule has 1 aliphatic carbocycles. The average Bonchev–Trinajstić information content (AvgIpc) is 3.51. The minimum absolute atomic E-state index is 0.0832. The summed E-state index contributed by atoms with van der Waals surface area (Å²) in [6.45, 7) is 3.15. The van der Waals surface area contributed by atoms with Crippen LogP contribution in [0.4, 0.5) is 0 Å². The van der Waals surface area contributed by atoms with Crippen LogP contribution in [0.25, 0.3) is 11.3 Å². The lowest BCUT2D eigenvalue weighted by molar-refractivity contribution is -0.0893. The summed E-state index contributed by atoms with van der Waals surface area (Å²) in [6.07, 6.45) is 5.79. The smallest absolute Gasteiger partial charge is 0.275 e. The van der Waals surface area contributed by atoms with E-state index in [1.165, 1.54) is 5.56 Å². The van der Waals surface area contributed by atoms with E-state index in [1.807, 2.05) is 64.1 Å². The zero-order chi connectivity index (χ0) is 31.2. The van der Waals surface area contributed by atoms with E-state index in [2.05, 4.69) is 35.2 Å². The van der Waals surface area contributed by atoms with E-state index in [-0.39, 0.29) is 24.6 Å². The van der Waals surface area contributed by atoms with Gasteiger partial charge in [-0.15, -0.1) is 0 Å². The lowest BCUT2D eigenvalue weighted by Gasteiger charge is -2.42. The molecule has 1 saturated carbocycles. The van der Waals surface area contributed by atoms with Crippen LogP contribution in [-0.4, -0.2) is 82.5 Å². The minimum atomic E-state index is -1.03. The summed E-state index contributed by atoms with van der Waals surface area (Å²) in [7, 11) is 3.32. The number of hydrogen-bond acceptors (Lipinski definition) is 6. The zero-order valence-electron chi connectivity index (χ0n) is 26.3. The normalized spacial score (nSPS) is 22.3. The fourth-order valence-corrected chi connectivity index (χ4v) is 7.26. The molecule has 1 amide bonds. The summed E-state index contributed by atoms with van der Waals surface area (Å²) in [5.74, 6) is 0.743. The molecule has 236 valence electrons. The van der Waals surface area contributed by atoms with Crippen molar-refractivity contribution in [2.24, 2.45) is 0 Å². The van der Waals surface area contributed by atoms with Gasteiger partial charge in [0.1, 0.15) is 11.4 Å². The zero-order valence-corrected chi connectivity index (χ0v) is 26.3.